The third-order valence-electron chi connectivity index (χ3n) is 3.08. The third kappa shape index (κ3) is 8.06. The summed E-state index contributed by atoms with van der Waals surface area (Å²) < 4.78 is 0. The molecule has 3 N–H and O–H groups in total. The lowest BCUT2D eigenvalue weighted by atomic mass is 9.91. The second kappa shape index (κ2) is 10.7. The van der Waals surface area contributed by atoms with E-state index in [0.717, 1.165) is 24.6 Å². The van der Waals surface area contributed by atoms with Crippen LogP contribution in [0.1, 0.15) is 58.8 Å². The highest BCUT2D eigenvalue weighted by molar-refractivity contribution is 6.17. The normalized spacial score (nSPS) is 15.2. The molecule has 15 heavy (non-hydrogen) atoms. The Labute approximate surface area is 99.9 Å². The van der Waals surface area contributed by atoms with Gasteiger partial charge in [-0.1, -0.05) is 39.5 Å². The molecule has 0 aromatic heterocycles. The molecular formula is C12H27ClN2. The molecule has 0 saturated carbocycles. The molecule has 0 amide bonds. The quantitative estimate of drug-likeness (QED) is 0.345. The number of alkyl halides is 1. The average Bonchev–Trinajstić information content (AvgIpc) is 2.28. The summed E-state index contributed by atoms with van der Waals surface area (Å²) in [7, 11) is 0. The minimum absolute atomic E-state index is 0.450. The number of nitrogens with one attached hydrogen (secondary N) is 1. The van der Waals surface area contributed by atoms with Crippen LogP contribution in [0.4, 0.5) is 0 Å². The van der Waals surface area contributed by atoms with E-state index in [1.54, 1.807) is 0 Å². The largest absolute Gasteiger partial charge is 0.271 e. The summed E-state index contributed by atoms with van der Waals surface area (Å²) in [6, 6.07) is 0.450. The maximum absolute atomic E-state index is 5.69. The van der Waals surface area contributed by atoms with Gasteiger partial charge in [0.15, 0.2) is 0 Å². The summed E-state index contributed by atoms with van der Waals surface area (Å²) in [5, 5.41) is 0. The van der Waals surface area contributed by atoms with Crippen molar-refractivity contribution < 1.29 is 0 Å². The maximum Gasteiger partial charge on any atom is 0.0224 e. The molecule has 0 saturated heterocycles. The molecule has 0 aliphatic heterocycles. The number of nitrogens with two attached hydrogens (primary N) is 1. The minimum Gasteiger partial charge on any atom is -0.271 e. The van der Waals surface area contributed by atoms with Gasteiger partial charge in [-0.3, -0.25) is 11.3 Å². The molecule has 0 aliphatic rings. The zero-order chi connectivity index (χ0) is 11.5. The third-order valence-corrected chi connectivity index (χ3v) is 3.35. The Morgan fingerprint density at radius 2 is 1.93 bits per heavy atom. The molecule has 0 aromatic carbocycles. The smallest absolute Gasteiger partial charge is 0.0224 e. The van der Waals surface area contributed by atoms with E-state index in [1.807, 2.05) is 0 Å². The van der Waals surface area contributed by atoms with Gasteiger partial charge in [0.05, 0.1) is 0 Å². The molecule has 0 aromatic rings. The molecule has 0 aliphatic carbocycles. The first-order valence-electron chi connectivity index (χ1n) is 6.30. The summed E-state index contributed by atoms with van der Waals surface area (Å²) in [5.74, 6) is 7.11. The first kappa shape index (κ1) is 15.2. The molecule has 0 bridgehead atoms. The van der Waals surface area contributed by atoms with Crippen molar-refractivity contribution in [2.75, 3.05) is 5.88 Å². The van der Waals surface area contributed by atoms with Gasteiger partial charge in [-0.15, -0.1) is 11.6 Å². The molecule has 92 valence electrons. The van der Waals surface area contributed by atoms with Crippen molar-refractivity contribution in [2.24, 2.45) is 11.8 Å². The van der Waals surface area contributed by atoms with E-state index < -0.39 is 0 Å². The summed E-state index contributed by atoms with van der Waals surface area (Å²) >= 11 is 5.69. The fraction of sp³-hybridized carbons (Fsp3) is 1.00. The van der Waals surface area contributed by atoms with Crippen LogP contribution < -0.4 is 11.3 Å². The number of hydrogen-bond acceptors (Lipinski definition) is 2. The van der Waals surface area contributed by atoms with Crippen LogP contribution in [0.3, 0.4) is 0 Å². The number of hydrazine groups is 1. The molecule has 0 heterocycles. The number of halogens is 1. The van der Waals surface area contributed by atoms with Gasteiger partial charge in [-0.05, 0) is 25.2 Å². The van der Waals surface area contributed by atoms with Crippen LogP contribution in [0.25, 0.3) is 0 Å². The van der Waals surface area contributed by atoms with Crippen LogP contribution in [0.2, 0.25) is 0 Å². The molecule has 2 atom stereocenters. The molecule has 2 nitrogen and oxygen atoms in total. The summed E-state index contributed by atoms with van der Waals surface area (Å²) in [5.41, 5.74) is 2.92. The van der Waals surface area contributed by atoms with Gasteiger partial charge in [0.1, 0.15) is 0 Å². The van der Waals surface area contributed by atoms with Crippen LogP contribution in [0, 0.1) is 5.92 Å². The van der Waals surface area contributed by atoms with Crippen molar-refractivity contribution in [3.63, 3.8) is 0 Å². The van der Waals surface area contributed by atoms with Gasteiger partial charge in [-0.25, -0.2) is 0 Å². The highest BCUT2D eigenvalue weighted by Gasteiger charge is 2.13. The van der Waals surface area contributed by atoms with E-state index in [9.17, 15) is 0 Å². The van der Waals surface area contributed by atoms with Crippen molar-refractivity contribution in [1.29, 1.82) is 0 Å². The van der Waals surface area contributed by atoms with Gasteiger partial charge in [0.2, 0.25) is 0 Å². The Kier molecular flexibility index (Phi) is 10.9. The van der Waals surface area contributed by atoms with E-state index in [0.29, 0.717) is 6.04 Å². The minimum atomic E-state index is 0.450. The highest BCUT2D eigenvalue weighted by Crippen LogP contribution is 2.20. The Hall–Kier alpha value is 0.210. The van der Waals surface area contributed by atoms with Crippen molar-refractivity contribution in [3.8, 4) is 0 Å². The SMILES string of the molecule is CCCCC(CC)CC(CCCCl)NN. The van der Waals surface area contributed by atoms with Crippen LogP contribution in [-0.4, -0.2) is 11.9 Å². The fourth-order valence-corrected chi connectivity index (χ4v) is 2.13. The van der Waals surface area contributed by atoms with Gasteiger partial charge in [0.25, 0.3) is 0 Å². The van der Waals surface area contributed by atoms with Crippen LogP contribution in [0.5, 0.6) is 0 Å². The van der Waals surface area contributed by atoms with E-state index >= 15 is 0 Å². The molecule has 0 radical (unpaired) electrons. The van der Waals surface area contributed by atoms with Crippen molar-refractivity contribution in [3.05, 3.63) is 0 Å². The fourth-order valence-electron chi connectivity index (χ4n) is 1.98. The standard InChI is InChI=1S/C12H27ClN2/c1-3-5-7-11(4-2)10-12(15-14)8-6-9-13/h11-12,15H,3-10,14H2,1-2H3. The van der Waals surface area contributed by atoms with Gasteiger partial charge in [-0.2, -0.15) is 0 Å². The monoisotopic (exact) mass is 234 g/mol. The number of unbranched alkanes of at least 4 members (excludes halogenated alkanes) is 1. The first-order valence-corrected chi connectivity index (χ1v) is 6.83. The van der Waals surface area contributed by atoms with Crippen molar-refractivity contribution in [1.82, 2.24) is 5.43 Å². The topological polar surface area (TPSA) is 38.0 Å². The second-order valence-corrected chi connectivity index (χ2v) is 4.72. The maximum atomic E-state index is 5.69. The lowest BCUT2D eigenvalue weighted by Gasteiger charge is -2.21. The van der Waals surface area contributed by atoms with Crippen LogP contribution in [-0.2, 0) is 0 Å². The molecule has 3 heteroatoms. The highest BCUT2D eigenvalue weighted by atomic mass is 35.5. The van der Waals surface area contributed by atoms with Gasteiger partial charge >= 0.3 is 0 Å². The number of rotatable bonds is 10. The summed E-state index contributed by atoms with van der Waals surface area (Å²) in [4.78, 5) is 0. The van der Waals surface area contributed by atoms with Crippen LogP contribution >= 0.6 is 11.6 Å². The zero-order valence-electron chi connectivity index (χ0n) is 10.3. The Morgan fingerprint density at radius 3 is 2.40 bits per heavy atom. The van der Waals surface area contributed by atoms with Gasteiger partial charge < -0.3 is 0 Å². The first-order chi connectivity index (χ1) is 7.28. The molecule has 0 fully saturated rings. The number of hydrogen-bond donors (Lipinski definition) is 2. The zero-order valence-corrected chi connectivity index (χ0v) is 11.0. The lowest BCUT2D eigenvalue weighted by molar-refractivity contribution is 0.339. The molecule has 0 spiro atoms. The summed E-state index contributed by atoms with van der Waals surface area (Å²) in [6.45, 7) is 4.52. The molecule has 2 unspecified atom stereocenters. The van der Waals surface area contributed by atoms with E-state index in [4.69, 9.17) is 17.4 Å². The van der Waals surface area contributed by atoms with Crippen molar-refractivity contribution in [2.45, 2.75) is 64.8 Å². The predicted octanol–water partition coefficient (Wildman–Crippen LogP) is 3.44. The van der Waals surface area contributed by atoms with E-state index in [1.165, 1.54) is 32.1 Å². The lowest BCUT2D eigenvalue weighted by Crippen LogP contribution is -2.36. The second-order valence-electron chi connectivity index (χ2n) is 4.35. The van der Waals surface area contributed by atoms with E-state index in [-0.39, 0.29) is 0 Å². The van der Waals surface area contributed by atoms with Gasteiger partial charge in [0, 0.05) is 11.9 Å². The Balaban J connectivity index is 3.77. The van der Waals surface area contributed by atoms with E-state index in [2.05, 4.69) is 19.3 Å². The molecular weight excluding hydrogens is 208 g/mol. The van der Waals surface area contributed by atoms with Crippen molar-refractivity contribution >= 4 is 11.6 Å². The Morgan fingerprint density at radius 1 is 1.20 bits per heavy atom. The summed E-state index contributed by atoms with van der Waals surface area (Å²) in [6.07, 6.45) is 8.59. The Bertz CT molecular complexity index is 117. The van der Waals surface area contributed by atoms with Crippen LogP contribution in [0.15, 0.2) is 0 Å². The molecule has 0 rings (SSSR count). The average molecular weight is 235 g/mol. The predicted molar refractivity (Wildman–Crippen MR) is 69.0 cm³/mol.